The highest BCUT2D eigenvalue weighted by Crippen LogP contribution is 2.21. The molecule has 5 heteroatoms. The maximum atomic E-state index is 12.6. The Kier molecular flexibility index (Phi) is 5.25. The number of aliphatic hydroxyl groups excluding tert-OH is 1. The first-order valence-electron chi connectivity index (χ1n) is 3.46. The average Bonchev–Trinajstić information content (AvgIpc) is 2.08. The molecule has 1 unspecified atom stereocenters. The van der Waals surface area contributed by atoms with Gasteiger partial charge in [-0.05, 0) is 23.8 Å². The van der Waals surface area contributed by atoms with Crippen molar-refractivity contribution in [3.63, 3.8) is 0 Å². The van der Waals surface area contributed by atoms with Crippen LogP contribution in [0, 0.1) is 5.82 Å². The van der Waals surface area contributed by atoms with Crippen LogP contribution in [0.15, 0.2) is 18.2 Å². The van der Waals surface area contributed by atoms with Crippen molar-refractivity contribution in [1.29, 1.82) is 0 Å². The predicted octanol–water partition coefficient (Wildman–Crippen LogP) is 1.89. The van der Waals surface area contributed by atoms with Crippen LogP contribution in [0.25, 0.3) is 0 Å². The molecule has 2 nitrogen and oxygen atoms in total. The van der Waals surface area contributed by atoms with Crippen LogP contribution in [0.1, 0.15) is 11.6 Å². The smallest absolute Gasteiger partial charge is 0.123 e. The van der Waals surface area contributed by atoms with E-state index in [1.54, 1.807) is 0 Å². The molecular formula is C8H10Cl2FNO. The van der Waals surface area contributed by atoms with Gasteiger partial charge in [0.25, 0.3) is 0 Å². The molecule has 1 aromatic rings. The van der Waals surface area contributed by atoms with Crippen molar-refractivity contribution in [3.05, 3.63) is 34.6 Å². The SMILES string of the molecule is Cl.NC(CO)c1cc(F)ccc1Cl. The number of aliphatic hydroxyl groups is 1. The van der Waals surface area contributed by atoms with E-state index in [9.17, 15) is 4.39 Å². The summed E-state index contributed by atoms with van der Waals surface area (Å²) in [5, 5.41) is 9.07. The van der Waals surface area contributed by atoms with Gasteiger partial charge in [0.1, 0.15) is 5.82 Å². The van der Waals surface area contributed by atoms with Gasteiger partial charge in [0.15, 0.2) is 0 Å². The molecule has 0 radical (unpaired) electrons. The van der Waals surface area contributed by atoms with E-state index in [0.29, 0.717) is 10.6 Å². The third-order valence-corrected chi connectivity index (χ3v) is 1.90. The summed E-state index contributed by atoms with van der Waals surface area (Å²) in [5.41, 5.74) is 5.89. The van der Waals surface area contributed by atoms with Crippen molar-refractivity contribution in [1.82, 2.24) is 0 Å². The second-order valence-electron chi connectivity index (χ2n) is 2.45. The van der Waals surface area contributed by atoms with E-state index in [-0.39, 0.29) is 19.0 Å². The minimum Gasteiger partial charge on any atom is -0.394 e. The van der Waals surface area contributed by atoms with Gasteiger partial charge >= 0.3 is 0 Å². The molecule has 0 aromatic heterocycles. The lowest BCUT2D eigenvalue weighted by Crippen LogP contribution is -2.15. The van der Waals surface area contributed by atoms with Crippen molar-refractivity contribution < 1.29 is 9.50 Å². The normalized spacial score (nSPS) is 12.0. The molecule has 0 amide bonds. The van der Waals surface area contributed by atoms with E-state index in [2.05, 4.69) is 0 Å². The Morgan fingerprint density at radius 3 is 2.69 bits per heavy atom. The summed E-state index contributed by atoms with van der Waals surface area (Å²) in [6.07, 6.45) is 0. The minimum atomic E-state index is -0.617. The number of benzene rings is 1. The molecular weight excluding hydrogens is 216 g/mol. The van der Waals surface area contributed by atoms with Crippen LogP contribution in [0.3, 0.4) is 0 Å². The van der Waals surface area contributed by atoms with Crippen molar-refractivity contribution in [3.8, 4) is 0 Å². The summed E-state index contributed by atoms with van der Waals surface area (Å²) in [7, 11) is 0. The molecule has 74 valence electrons. The first-order valence-corrected chi connectivity index (χ1v) is 3.84. The highest BCUT2D eigenvalue weighted by Gasteiger charge is 2.09. The molecule has 0 heterocycles. The van der Waals surface area contributed by atoms with Gasteiger partial charge in [-0.3, -0.25) is 0 Å². The van der Waals surface area contributed by atoms with Gasteiger partial charge in [0.2, 0.25) is 0 Å². The quantitative estimate of drug-likeness (QED) is 0.808. The zero-order valence-electron chi connectivity index (χ0n) is 6.71. The molecule has 13 heavy (non-hydrogen) atoms. The van der Waals surface area contributed by atoms with Crippen LogP contribution >= 0.6 is 24.0 Å². The molecule has 1 aromatic carbocycles. The highest BCUT2D eigenvalue weighted by molar-refractivity contribution is 6.31. The maximum absolute atomic E-state index is 12.6. The first kappa shape index (κ1) is 12.7. The molecule has 0 spiro atoms. The Hall–Kier alpha value is -0.350. The van der Waals surface area contributed by atoms with Crippen LogP contribution in [0.2, 0.25) is 5.02 Å². The number of hydrogen-bond acceptors (Lipinski definition) is 2. The maximum Gasteiger partial charge on any atom is 0.123 e. The standard InChI is InChI=1S/C8H9ClFNO.ClH/c9-7-2-1-5(10)3-6(7)8(11)4-12;/h1-3,8,12H,4,11H2;1H. The Balaban J connectivity index is 0.00000144. The van der Waals surface area contributed by atoms with E-state index < -0.39 is 11.9 Å². The Bertz CT molecular complexity index is 283. The minimum absolute atomic E-state index is 0. The van der Waals surface area contributed by atoms with Gasteiger partial charge in [-0.1, -0.05) is 11.6 Å². The molecule has 1 atom stereocenters. The van der Waals surface area contributed by atoms with Crippen molar-refractivity contribution >= 4 is 24.0 Å². The molecule has 0 saturated heterocycles. The lowest BCUT2D eigenvalue weighted by atomic mass is 10.1. The summed E-state index contributed by atoms with van der Waals surface area (Å²) in [5.74, 6) is -0.404. The highest BCUT2D eigenvalue weighted by atomic mass is 35.5. The third kappa shape index (κ3) is 3.12. The fourth-order valence-corrected chi connectivity index (χ4v) is 1.15. The summed E-state index contributed by atoms with van der Waals surface area (Å²) in [4.78, 5) is 0. The molecule has 0 aliphatic rings. The zero-order valence-corrected chi connectivity index (χ0v) is 8.28. The topological polar surface area (TPSA) is 46.2 Å². The van der Waals surface area contributed by atoms with E-state index in [0.717, 1.165) is 0 Å². The summed E-state index contributed by atoms with van der Waals surface area (Å²) in [6, 6.07) is 3.27. The molecule has 0 aliphatic heterocycles. The monoisotopic (exact) mass is 225 g/mol. The Morgan fingerprint density at radius 1 is 1.54 bits per heavy atom. The largest absolute Gasteiger partial charge is 0.394 e. The van der Waals surface area contributed by atoms with E-state index in [4.69, 9.17) is 22.4 Å². The van der Waals surface area contributed by atoms with Gasteiger partial charge in [0, 0.05) is 5.02 Å². The van der Waals surface area contributed by atoms with Gasteiger partial charge in [0.05, 0.1) is 12.6 Å². The fourth-order valence-electron chi connectivity index (χ4n) is 0.897. The number of rotatable bonds is 2. The molecule has 0 bridgehead atoms. The van der Waals surface area contributed by atoms with Gasteiger partial charge in [-0.2, -0.15) is 0 Å². The van der Waals surface area contributed by atoms with Crippen molar-refractivity contribution in [2.24, 2.45) is 5.73 Å². The molecule has 0 fully saturated rings. The molecule has 0 saturated carbocycles. The summed E-state index contributed by atoms with van der Waals surface area (Å²) in [6.45, 7) is -0.247. The Labute approximate surface area is 86.9 Å². The van der Waals surface area contributed by atoms with Crippen molar-refractivity contribution in [2.45, 2.75) is 6.04 Å². The summed E-state index contributed by atoms with van der Waals surface area (Å²) >= 11 is 5.71. The lowest BCUT2D eigenvalue weighted by molar-refractivity contribution is 0.268. The zero-order chi connectivity index (χ0) is 9.14. The molecule has 0 aliphatic carbocycles. The van der Waals surface area contributed by atoms with Gasteiger partial charge in [-0.15, -0.1) is 12.4 Å². The van der Waals surface area contributed by atoms with E-state index >= 15 is 0 Å². The third-order valence-electron chi connectivity index (χ3n) is 1.55. The van der Waals surface area contributed by atoms with Crippen LogP contribution in [0.4, 0.5) is 4.39 Å². The number of halogens is 3. The van der Waals surface area contributed by atoms with Crippen molar-refractivity contribution in [2.75, 3.05) is 6.61 Å². The van der Waals surface area contributed by atoms with Crippen LogP contribution < -0.4 is 5.73 Å². The number of nitrogens with two attached hydrogens (primary N) is 1. The predicted molar refractivity (Wildman–Crippen MR) is 52.7 cm³/mol. The van der Waals surface area contributed by atoms with Crippen LogP contribution in [-0.4, -0.2) is 11.7 Å². The second kappa shape index (κ2) is 5.40. The average molecular weight is 226 g/mol. The van der Waals surface area contributed by atoms with Gasteiger partial charge in [-0.25, -0.2) is 4.39 Å². The Morgan fingerprint density at radius 2 is 2.15 bits per heavy atom. The summed E-state index contributed by atoms with van der Waals surface area (Å²) < 4.78 is 12.6. The second-order valence-corrected chi connectivity index (χ2v) is 2.86. The first-order chi connectivity index (χ1) is 5.65. The van der Waals surface area contributed by atoms with Crippen LogP contribution in [-0.2, 0) is 0 Å². The van der Waals surface area contributed by atoms with Gasteiger partial charge < -0.3 is 10.8 Å². The van der Waals surface area contributed by atoms with Crippen LogP contribution in [0.5, 0.6) is 0 Å². The molecule has 3 N–H and O–H groups in total. The van der Waals surface area contributed by atoms with E-state index in [1.807, 2.05) is 0 Å². The number of hydrogen-bond donors (Lipinski definition) is 2. The lowest BCUT2D eigenvalue weighted by Gasteiger charge is -2.09. The molecule has 1 rings (SSSR count). The fraction of sp³-hybridized carbons (Fsp3) is 0.250. The van der Waals surface area contributed by atoms with E-state index in [1.165, 1.54) is 18.2 Å².